The third-order valence-corrected chi connectivity index (χ3v) is 5.69. The highest BCUT2D eigenvalue weighted by Crippen LogP contribution is 2.49. The normalized spacial score (nSPS) is 37.9. The highest BCUT2D eigenvalue weighted by molar-refractivity contribution is 6.47. The average molecular weight is 266 g/mol. The highest BCUT2D eigenvalue weighted by Gasteiger charge is 2.55. The molecule has 0 spiro atoms. The van der Waals surface area contributed by atoms with Gasteiger partial charge in [-0.15, -0.1) is 0 Å². The summed E-state index contributed by atoms with van der Waals surface area (Å²) in [4.78, 5) is 0. The van der Waals surface area contributed by atoms with Crippen LogP contribution in [-0.4, -0.2) is 18.3 Å². The lowest BCUT2D eigenvalue weighted by molar-refractivity contribution is 0.00578. The van der Waals surface area contributed by atoms with Crippen molar-refractivity contribution in [1.82, 2.24) is 0 Å². The van der Waals surface area contributed by atoms with Crippen LogP contribution in [0.25, 0.3) is 0 Å². The predicted octanol–water partition coefficient (Wildman–Crippen LogP) is 4.54. The quantitative estimate of drug-likeness (QED) is 0.683. The van der Waals surface area contributed by atoms with E-state index in [1.165, 1.54) is 19.3 Å². The monoisotopic (exact) mass is 266 g/mol. The van der Waals surface area contributed by atoms with E-state index in [4.69, 9.17) is 9.31 Å². The van der Waals surface area contributed by atoms with E-state index >= 15 is 0 Å². The maximum absolute atomic E-state index is 6.31. The Morgan fingerprint density at radius 1 is 1.00 bits per heavy atom. The van der Waals surface area contributed by atoms with Gasteiger partial charge in [0.1, 0.15) is 0 Å². The fourth-order valence-corrected chi connectivity index (χ4v) is 3.65. The summed E-state index contributed by atoms with van der Waals surface area (Å²) in [6, 6.07) is 0. The summed E-state index contributed by atoms with van der Waals surface area (Å²) >= 11 is 0. The van der Waals surface area contributed by atoms with Crippen LogP contribution < -0.4 is 0 Å². The van der Waals surface area contributed by atoms with Crippen LogP contribution in [0.15, 0.2) is 0 Å². The number of rotatable bonds is 2. The SMILES string of the molecule is CC(C)[C@@H]1CC[C@@H](C)C[C@H]1B1OC(C)(C)C(C)(C)O1. The van der Waals surface area contributed by atoms with Crippen LogP contribution in [-0.2, 0) is 9.31 Å². The third-order valence-electron chi connectivity index (χ3n) is 5.69. The van der Waals surface area contributed by atoms with Gasteiger partial charge < -0.3 is 9.31 Å². The fraction of sp³-hybridized carbons (Fsp3) is 1.00. The van der Waals surface area contributed by atoms with Gasteiger partial charge in [0, 0.05) is 0 Å². The van der Waals surface area contributed by atoms with Gasteiger partial charge in [-0.1, -0.05) is 33.6 Å². The van der Waals surface area contributed by atoms with Crippen molar-refractivity contribution >= 4 is 7.12 Å². The second-order valence-corrected chi connectivity index (χ2v) is 8.11. The lowest BCUT2D eigenvalue weighted by Gasteiger charge is -2.38. The average Bonchev–Trinajstić information content (AvgIpc) is 2.47. The summed E-state index contributed by atoms with van der Waals surface area (Å²) in [5.74, 6) is 2.83. The van der Waals surface area contributed by atoms with Gasteiger partial charge in [0.05, 0.1) is 11.2 Å². The summed E-state index contributed by atoms with van der Waals surface area (Å²) in [6.07, 6.45) is 3.94. The molecule has 0 radical (unpaired) electrons. The van der Waals surface area contributed by atoms with Gasteiger partial charge in [0.2, 0.25) is 0 Å². The summed E-state index contributed by atoms with van der Waals surface area (Å²) in [6.45, 7) is 15.7. The maximum atomic E-state index is 6.31. The molecule has 3 atom stereocenters. The Hall–Kier alpha value is -0.0151. The molecule has 0 aromatic heterocycles. The first-order chi connectivity index (χ1) is 8.64. The minimum Gasteiger partial charge on any atom is -0.403 e. The zero-order valence-corrected chi connectivity index (χ0v) is 13.8. The van der Waals surface area contributed by atoms with Crippen molar-refractivity contribution < 1.29 is 9.31 Å². The van der Waals surface area contributed by atoms with Crippen molar-refractivity contribution in [3.05, 3.63) is 0 Å². The van der Waals surface area contributed by atoms with Crippen molar-refractivity contribution in [3.63, 3.8) is 0 Å². The summed E-state index contributed by atoms with van der Waals surface area (Å²) < 4.78 is 12.6. The van der Waals surface area contributed by atoms with Crippen molar-refractivity contribution in [3.8, 4) is 0 Å². The first-order valence-electron chi connectivity index (χ1n) is 7.99. The Kier molecular flexibility index (Phi) is 4.10. The van der Waals surface area contributed by atoms with Crippen LogP contribution in [0.4, 0.5) is 0 Å². The molecular weight excluding hydrogens is 235 g/mol. The fourth-order valence-electron chi connectivity index (χ4n) is 3.65. The Balaban J connectivity index is 2.15. The molecule has 2 aliphatic rings. The molecule has 110 valence electrons. The van der Waals surface area contributed by atoms with E-state index in [1.54, 1.807) is 0 Å². The highest BCUT2D eigenvalue weighted by atomic mass is 16.7. The molecule has 19 heavy (non-hydrogen) atoms. The van der Waals surface area contributed by atoms with E-state index in [0.717, 1.165) is 17.8 Å². The van der Waals surface area contributed by atoms with Crippen LogP contribution in [0.1, 0.15) is 67.7 Å². The van der Waals surface area contributed by atoms with Crippen molar-refractivity contribution in [1.29, 1.82) is 0 Å². The Morgan fingerprint density at radius 3 is 2.00 bits per heavy atom. The molecule has 2 fully saturated rings. The van der Waals surface area contributed by atoms with Gasteiger partial charge in [-0.05, 0) is 57.7 Å². The second kappa shape index (κ2) is 5.07. The van der Waals surface area contributed by atoms with Gasteiger partial charge in [0.15, 0.2) is 0 Å². The lowest BCUT2D eigenvalue weighted by Crippen LogP contribution is -2.41. The molecule has 0 aromatic rings. The molecule has 1 saturated carbocycles. The topological polar surface area (TPSA) is 18.5 Å². The minimum absolute atomic E-state index is 0.0138. The molecule has 2 nitrogen and oxygen atoms in total. The predicted molar refractivity (Wildman–Crippen MR) is 81.2 cm³/mol. The van der Waals surface area contributed by atoms with Gasteiger partial charge in [-0.25, -0.2) is 0 Å². The van der Waals surface area contributed by atoms with Gasteiger partial charge >= 0.3 is 7.12 Å². The molecule has 1 aliphatic carbocycles. The molecule has 1 heterocycles. The van der Waals surface area contributed by atoms with Crippen molar-refractivity contribution in [2.75, 3.05) is 0 Å². The lowest BCUT2D eigenvalue weighted by atomic mass is 9.55. The van der Waals surface area contributed by atoms with Crippen LogP contribution in [0, 0.1) is 17.8 Å². The van der Waals surface area contributed by atoms with Gasteiger partial charge in [-0.2, -0.15) is 0 Å². The summed E-state index contributed by atoms with van der Waals surface area (Å²) in [5.41, 5.74) is -0.389. The molecule has 0 N–H and O–H groups in total. The van der Waals surface area contributed by atoms with E-state index in [0.29, 0.717) is 5.82 Å². The third kappa shape index (κ3) is 2.87. The Bertz CT molecular complexity index is 309. The van der Waals surface area contributed by atoms with E-state index < -0.39 is 0 Å². The number of hydrogen-bond donors (Lipinski definition) is 0. The van der Waals surface area contributed by atoms with Crippen molar-refractivity contribution in [2.24, 2.45) is 17.8 Å². The molecule has 0 amide bonds. The first kappa shape index (κ1) is 15.4. The first-order valence-corrected chi connectivity index (χ1v) is 7.99. The molecule has 0 unspecified atom stereocenters. The second-order valence-electron chi connectivity index (χ2n) is 8.11. The zero-order chi connectivity index (χ0) is 14.4. The maximum Gasteiger partial charge on any atom is 0.461 e. The van der Waals surface area contributed by atoms with Crippen LogP contribution in [0.3, 0.4) is 0 Å². The molecule has 1 saturated heterocycles. The smallest absolute Gasteiger partial charge is 0.403 e. The minimum atomic E-state index is -0.195. The van der Waals surface area contributed by atoms with E-state index in [9.17, 15) is 0 Å². The summed E-state index contributed by atoms with van der Waals surface area (Å²) in [5, 5.41) is 0. The van der Waals surface area contributed by atoms with Gasteiger partial charge in [0.25, 0.3) is 0 Å². The molecule has 2 rings (SSSR count). The van der Waals surface area contributed by atoms with Crippen LogP contribution >= 0.6 is 0 Å². The van der Waals surface area contributed by atoms with Gasteiger partial charge in [-0.3, -0.25) is 0 Å². The standard InChI is InChI=1S/C16H31BO2/c1-11(2)13-9-8-12(3)10-14(13)17-18-15(4,5)16(6,7)19-17/h11-14H,8-10H2,1-7H3/t12-,13+,14-/m1/s1. The largest absolute Gasteiger partial charge is 0.461 e. The zero-order valence-electron chi connectivity index (χ0n) is 13.8. The Labute approximate surface area is 119 Å². The van der Waals surface area contributed by atoms with Crippen molar-refractivity contribution in [2.45, 2.75) is 84.7 Å². The molecule has 1 aliphatic heterocycles. The molecular formula is C16H31BO2. The van der Waals surface area contributed by atoms with E-state index in [1.807, 2.05) is 0 Å². The molecule has 0 bridgehead atoms. The van der Waals surface area contributed by atoms with E-state index in [-0.39, 0.29) is 18.3 Å². The Morgan fingerprint density at radius 2 is 1.53 bits per heavy atom. The van der Waals surface area contributed by atoms with Crippen LogP contribution in [0.2, 0.25) is 5.82 Å². The van der Waals surface area contributed by atoms with Crippen LogP contribution in [0.5, 0.6) is 0 Å². The van der Waals surface area contributed by atoms with E-state index in [2.05, 4.69) is 48.5 Å². The number of hydrogen-bond acceptors (Lipinski definition) is 2. The molecule has 3 heteroatoms. The summed E-state index contributed by atoms with van der Waals surface area (Å²) in [7, 11) is -0.0138. The molecule has 0 aromatic carbocycles.